The molecule has 1 amide bonds. The number of aliphatic imine (C=N–C) groups is 1. The summed E-state index contributed by atoms with van der Waals surface area (Å²) in [5, 5.41) is 0. The van der Waals surface area contributed by atoms with Gasteiger partial charge in [0.25, 0.3) is 5.91 Å². The van der Waals surface area contributed by atoms with Crippen LogP contribution in [0, 0.1) is 0 Å². The molecule has 26 heavy (non-hydrogen) atoms. The molecule has 3 rings (SSSR count). The Kier molecular flexibility index (Phi) is 6.43. The first-order chi connectivity index (χ1) is 12.5. The summed E-state index contributed by atoms with van der Waals surface area (Å²) in [6, 6.07) is 7.68. The van der Waals surface area contributed by atoms with E-state index in [0.717, 1.165) is 30.2 Å². The van der Waals surface area contributed by atoms with Crippen molar-refractivity contribution < 1.29 is 9.53 Å². The predicted octanol–water partition coefficient (Wildman–Crippen LogP) is 1.80. The van der Waals surface area contributed by atoms with Crippen molar-refractivity contribution in [1.82, 2.24) is 9.80 Å². The highest BCUT2D eigenvalue weighted by molar-refractivity contribution is 7.99. The molecule has 2 saturated heterocycles. The van der Waals surface area contributed by atoms with Crippen LogP contribution in [-0.4, -0.2) is 71.6 Å². The minimum absolute atomic E-state index is 0.0624. The monoisotopic (exact) mass is 376 g/mol. The van der Waals surface area contributed by atoms with E-state index in [1.807, 2.05) is 54.8 Å². The average Bonchev–Trinajstić information content (AvgIpc) is 2.66. The van der Waals surface area contributed by atoms with Crippen molar-refractivity contribution in [3.05, 3.63) is 35.4 Å². The third kappa shape index (κ3) is 4.92. The molecule has 2 fully saturated rings. The maximum atomic E-state index is 12.7. The van der Waals surface area contributed by atoms with E-state index in [1.54, 1.807) is 0 Å². The number of nitrogens with two attached hydrogens (primary N) is 1. The number of ether oxygens (including phenoxy) is 1. The van der Waals surface area contributed by atoms with E-state index in [9.17, 15) is 4.79 Å². The molecule has 2 N–H and O–H groups in total. The lowest BCUT2D eigenvalue weighted by atomic mass is 10.1. The van der Waals surface area contributed by atoms with Crippen molar-refractivity contribution in [1.29, 1.82) is 0 Å². The number of guanidine groups is 1. The van der Waals surface area contributed by atoms with Gasteiger partial charge in [-0.3, -0.25) is 4.79 Å². The molecule has 2 aliphatic heterocycles. The van der Waals surface area contributed by atoms with E-state index in [2.05, 4.69) is 9.89 Å². The van der Waals surface area contributed by atoms with Gasteiger partial charge < -0.3 is 20.3 Å². The number of rotatable bonds is 3. The van der Waals surface area contributed by atoms with E-state index in [-0.39, 0.29) is 18.1 Å². The first-order valence-corrected chi connectivity index (χ1v) is 10.3. The Hall–Kier alpha value is -1.73. The third-order valence-corrected chi connectivity index (χ3v) is 5.61. The molecule has 2 atom stereocenters. The largest absolute Gasteiger partial charge is 0.372 e. The van der Waals surface area contributed by atoms with E-state index >= 15 is 0 Å². The number of carbonyl (C=O) groups is 1. The van der Waals surface area contributed by atoms with E-state index in [1.165, 1.54) is 0 Å². The Labute approximate surface area is 159 Å². The minimum atomic E-state index is 0.0624. The van der Waals surface area contributed by atoms with Crippen molar-refractivity contribution in [3.63, 3.8) is 0 Å². The predicted molar refractivity (Wildman–Crippen MR) is 107 cm³/mol. The smallest absolute Gasteiger partial charge is 0.254 e. The fraction of sp³-hybridized carbons (Fsp3) is 0.579. The zero-order valence-electron chi connectivity index (χ0n) is 15.6. The summed E-state index contributed by atoms with van der Waals surface area (Å²) in [6.07, 6.45) is 0.153. The van der Waals surface area contributed by atoms with Crippen LogP contribution >= 0.6 is 11.8 Å². The van der Waals surface area contributed by atoms with Gasteiger partial charge in [0.2, 0.25) is 0 Å². The highest BCUT2D eigenvalue weighted by Gasteiger charge is 2.26. The molecule has 0 radical (unpaired) electrons. The summed E-state index contributed by atoms with van der Waals surface area (Å²) in [5.74, 6) is 2.88. The molecule has 1 aromatic carbocycles. The molecule has 0 saturated carbocycles. The van der Waals surface area contributed by atoms with Gasteiger partial charge in [-0.2, -0.15) is 11.8 Å². The standard InChI is InChI=1S/C19H28N4O2S/c1-14-12-23(13-15(2)25-14)18(24)17-5-3-16(4-6-17)11-21-19(20)22-7-9-26-10-8-22/h3-6,14-15H,7-13H2,1-2H3,(H2,20,21). The number of thioether (sulfide) groups is 1. The SMILES string of the molecule is CC1CN(C(=O)c2ccc(CN=C(N)N3CCSCC3)cc2)CC(C)O1. The zero-order valence-corrected chi connectivity index (χ0v) is 16.4. The lowest BCUT2D eigenvalue weighted by Gasteiger charge is -2.35. The summed E-state index contributed by atoms with van der Waals surface area (Å²) in [7, 11) is 0. The summed E-state index contributed by atoms with van der Waals surface area (Å²) in [4.78, 5) is 21.2. The lowest BCUT2D eigenvalue weighted by Crippen LogP contribution is -2.48. The van der Waals surface area contributed by atoms with Crippen LogP contribution in [0.1, 0.15) is 29.8 Å². The van der Waals surface area contributed by atoms with Gasteiger partial charge in [0.05, 0.1) is 18.8 Å². The fourth-order valence-corrected chi connectivity index (χ4v) is 4.25. The van der Waals surface area contributed by atoms with E-state index < -0.39 is 0 Å². The van der Waals surface area contributed by atoms with Gasteiger partial charge in [0, 0.05) is 43.2 Å². The van der Waals surface area contributed by atoms with Crippen LogP contribution in [0.3, 0.4) is 0 Å². The van der Waals surface area contributed by atoms with Crippen molar-refractivity contribution in [2.24, 2.45) is 10.7 Å². The van der Waals surface area contributed by atoms with Crippen molar-refractivity contribution in [2.75, 3.05) is 37.7 Å². The number of hydrogen-bond acceptors (Lipinski definition) is 4. The van der Waals surface area contributed by atoms with Crippen LogP contribution in [0.2, 0.25) is 0 Å². The van der Waals surface area contributed by atoms with E-state index in [0.29, 0.717) is 31.2 Å². The molecule has 0 aliphatic carbocycles. The number of carbonyl (C=O) groups excluding carboxylic acids is 1. The lowest BCUT2D eigenvalue weighted by molar-refractivity contribution is -0.0586. The van der Waals surface area contributed by atoms with Crippen LogP contribution in [0.5, 0.6) is 0 Å². The summed E-state index contributed by atoms with van der Waals surface area (Å²) >= 11 is 1.95. The topological polar surface area (TPSA) is 71.2 Å². The normalized spacial score (nSPS) is 24.6. The maximum Gasteiger partial charge on any atom is 0.254 e. The van der Waals surface area contributed by atoms with Crippen molar-refractivity contribution >= 4 is 23.6 Å². The van der Waals surface area contributed by atoms with Gasteiger partial charge in [0.15, 0.2) is 5.96 Å². The summed E-state index contributed by atoms with van der Waals surface area (Å²) in [6.45, 7) is 7.74. The molecule has 7 heteroatoms. The molecule has 142 valence electrons. The fourth-order valence-electron chi connectivity index (χ4n) is 3.34. The van der Waals surface area contributed by atoms with Crippen LogP contribution < -0.4 is 5.73 Å². The highest BCUT2D eigenvalue weighted by Crippen LogP contribution is 2.15. The Balaban J connectivity index is 1.58. The molecule has 0 spiro atoms. The molecule has 2 unspecified atom stereocenters. The second-order valence-electron chi connectivity index (χ2n) is 6.94. The quantitative estimate of drug-likeness (QED) is 0.643. The number of hydrogen-bond donors (Lipinski definition) is 1. The number of nitrogens with zero attached hydrogens (tertiary/aromatic N) is 3. The van der Waals surface area contributed by atoms with Crippen molar-refractivity contribution in [3.8, 4) is 0 Å². The zero-order chi connectivity index (χ0) is 18.5. The van der Waals surface area contributed by atoms with Gasteiger partial charge in [-0.25, -0.2) is 4.99 Å². The van der Waals surface area contributed by atoms with Crippen LogP contribution in [0.15, 0.2) is 29.3 Å². The molecule has 6 nitrogen and oxygen atoms in total. The average molecular weight is 377 g/mol. The molecule has 1 aromatic rings. The maximum absolute atomic E-state index is 12.7. The Morgan fingerprint density at radius 3 is 2.38 bits per heavy atom. The Bertz CT molecular complexity index is 633. The molecular formula is C19H28N4O2S. The van der Waals surface area contributed by atoms with Gasteiger partial charge in [0.1, 0.15) is 0 Å². The second-order valence-corrected chi connectivity index (χ2v) is 8.16. The number of morpholine rings is 1. The summed E-state index contributed by atoms with van der Waals surface area (Å²) < 4.78 is 5.70. The van der Waals surface area contributed by atoms with Crippen LogP contribution in [-0.2, 0) is 11.3 Å². The molecular weight excluding hydrogens is 348 g/mol. The van der Waals surface area contributed by atoms with Crippen LogP contribution in [0.25, 0.3) is 0 Å². The number of amides is 1. The Morgan fingerprint density at radius 1 is 1.15 bits per heavy atom. The number of benzene rings is 1. The van der Waals surface area contributed by atoms with Crippen LogP contribution in [0.4, 0.5) is 0 Å². The van der Waals surface area contributed by atoms with E-state index in [4.69, 9.17) is 10.5 Å². The first-order valence-electron chi connectivity index (χ1n) is 9.19. The summed E-state index contributed by atoms with van der Waals surface area (Å²) in [5.41, 5.74) is 7.86. The molecule has 0 bridgehead atoms. The second kappa shape index (κ2) is 8.77. The highest BCUT2D eigenvalue weighted by atomic mass is 32.2. The minimum Gasteiger partial charge on any atom is -0.372 e. The van der Waals surface area contributed by atoms with Gasteiger partial charge in [-0.05, 0) is 31.5 Å². The molecule has 2 heterocycles. The van der Waals surface area contributed by atoms with Gasteiger partial charge >= 0.3 is 0 Å². The van der Waals surface area contributed by atoms with Gasteiger partial charge in [-0.15, -0.1) is 0 Å². The Morgan fingerprint density at radius 2 is 1.77 bits per heavy atom. The molecule has 0 aromatic heterocycles. The third-order valence-electron chi connectivity index (χ3n) is 4.67. The van der Waals surface area contributed by atoms with Gasteiger partial charge in [-0.1, -0.05) is 12.1 Å². The molecule has 2 aliphatic rings. The first kappa shape index (κ1) is 19.0. The van der Waals surface area contributed by atoms with Crippen molar-refractivity contribution in [2.45, 2.75) is 32.6 Å².